The van der Waals surface area contributed by atoms with Crippen molar-refractivity contribution in [2.75, 3.05) is 5.32 Å². The minimum Gasteiger partial charge on any atom is -0.324 e. The number of imide groups is 1. The third-order valence-corrected chi connectivity index (χ3v) is 4.67. The molecule has 1 aliphatic heterocycles. The Hall–Kier alpha value is -3.81. The number of fused-ring (bicyclic) bond motifs is 1. The number of nitrogens with zero attached hydrogens (tertiary/aromatic N) is 4. The number of anilines is 1. The first-order valence-electron chi connectivity index (χ1n) is 8.74. The molecule has 1 aliphatic rings. The van der Waals surface area contributed by atoms with Crippen LogP contribution < -0.4 is 5.32 Å². The first-order chi connectivity index (χ1) is 13.6. The Labute approximate surface area is 160 Å². The van der Waals surface area contributed by atoms with Crippen molar-refractivity contribution < 1.29 is 14.4 Å². The number of rotatable bonds is 5. The normalized spacial score (nSPS) is 14.1. The molecule has 1 N–H and O–H groups in total. The van der Waals surface area contributed by atoms with Gasteiger partial charge in [-0.2, -0.15) is 5.10 Å². The highest BCUT2D eigenvalue weighted by Gasteiger charge is 2.40. The summed E-state index contributed by atoms with van der Waals surface area (Å²) in [5.41, 5.74) is 2.06. The lowest BCUT2D eigenvalue weighted by molar-refractivity contribution is -0.119. The largest absolute Gasteiger partial charge is 0.324 e. The molecule has 2 aromatic carbocycles. The molecule has 1 unspecified atom stereocenters. The molecule has 0 saturated carbocycles. The van der Waals surface area contributed by atoms with Gasteiger partial charge in [0.2, 0.25) is 5.91 Å². The van der Waals surface area contributed by atoms with Gasteiger partial charge >= 0.3 is 0 Å². The lowest BCUT2D eigenvalue weighted by atomic mass is 10.1. The second kappa shape index (κ2) is 7.07. The summed E-state index contributed by atoms with van der Waals surface area (Å²) in [6.07, 6.45) is 3.02. The monoisotopic (exact) mass is 375 g/mol. The fraction of sp³-hybridized carbons (Fsp3) is 0.150. The average molecular weight is 375 g/mol. The van der Waals surface area contributed by atoms with Gasteiger partial charge in [0.15, 0.2) is 0 Å². The van der Waals surface area contributed by atoms with E-state index in [9.17, 15) is 14.4 Å². The highest BCUT2D eigenvalue weighted by molar-refractivity contribution is 6.23. The molecule has 8 heteroatoms. The molecule has 28 heavy (non-hydrogen) atoms. The summed E-state index contributed by atoms with van der Waals surface area (Å²) < 4.78 is 1.64. The van der Waals surface area contributed by atoms with E-state index in [2.05, 4.69) is 15.4 Å². The third kappa shape index (κ3) is 3.05. The van der Waals surface area contributed by atoms with Crippen molar-refractivity contribution in [1.29, 1.82) is 0 Å². The van der Waals surface area contributed by atoms with Crippen molar-refractivity contribution in [1.82, 2.24) is 19.7 Å². The summed E-state index contributed by atoms with van der Waals surface area (Å²) >= 11 is 0. The molecule has 0 fully saturated rings. The molecular weight excluding hydrogens is 358 g/mol. The van der Waals surface area contributed by atoms with E-state index in [-0.39, 0.29) is 0 Å². The molecule has 0 aliphatic carbocycles. The fourth-order valence-electron chi connectivity index (χ4n) is 3.18. The van der Waals surface area contributed by atoms with Crippen LogP contribution in [0.4, 0.5) is 5.69 Å². The van der Waals surface area contributed by atoms with Crippen LogP contribution in [0.3, 0.4) is 0 Å². The Morgan fingerprint density at radius 2 is 1.68 bits per heavy atom. The Kier molecular flexibility index (Phi) is 4.44. The molecular formula is C20H17N5O3. The predicted molar refractivity (Wildman–Crippen MR) is 101 cm³/mol. The van der Waals surface area contributed by atoms with Gasteiger partial charge in [0, 0.05) is 5.69 Å². The second-order valence-electron chi connectivity index (χ2n) is 6.44. The maximum absolute atomic E-state index is 12.8. The maximum Gasteiger partial charge on any atom is 0.262 e. The maximum atomic E-state index is 12.8. The van der Waals surface area contributed by atoms with Crippen LogP contribution in [-0.4, -0.2) is 43.4 Å². The van der Waals surface area contributed by atoms with Gasteiger partial charge in [-0.3, -0.25) is 19.3 Å². The zero-order valence-electron chi connectivity index (χ0n) is 15.1. The van der Waals surface area contributed by atoms with Gasteiger partial charge in [-0.25, -0.2) is 9.67 Å². The number of nitrogens with one attached hydrogen (secondary N) is 1. The van der Waals surface area contributed by atoms with E-state index in [0.717, 1.165) is 10.5 Å². The van der Waals surface area contributed by atoms with Gasteiger partial charge in [-0.1, -0.05) is 30.3 Å². The van der Waals surface area contributed by atoms with Crippen molar-refractivity contribution in [3.63, 3.8) is 0 Å². The standard InChI is InChI=1S/C20H17N5O3/c1-13(25-19(27)15-7-3-4-8-16(15)20(25)28)18(26)23-17-9-5-2-6-14(17)10-24-12-21-11-22-24/h2-9,11-13H,10H2,1H3,(H,23,26). The molecule has 8 nitrogen and oxygen atoms in total. The third-order valence-electron chi connectivity index (χ3n) is 4.67. The summed E-state index contributed by atoms with van der Waals surface area (Å²) in [7, 11) is 0. The van der Waals surface area contributed by atoms with Crippen molar-refractivity contribution in [2.45, 2.75) is 19.5 Å². The Bertz CT molecular complexity index is 1030. The van der Waals surface area contributed by atoms with Crippen LogP contribution in [0.2, 0.25) is 0 Å². The molecule has 2 heterocycles. The van der Waals surface area contributed by atoms with E-state index in [1.807, 2.05) is 12.1 Å². The summed E-state index contributed by atoms with van der Waals surface area (Å²) in [6, 6.07) is 12.9. The molecule has 1 atom stereocenters. The predicted octanol–water partition coefficient (Wildman–Crippen LogP) is 1.95. The quantitative estimate of drug-likeness (QED) is 0.688. The first-order valence-corrected chi connectivity index (χ1v) is 8.74. The van der Waals surface area contributed by atoms with Gasteiger partial charge < -0.3 is 5.32 Å². The molecule has 3 aromatic rings. The van der Waals surface area contributed by atoms with Crippen molar-refractivity contribution >= 4 is 23.4 Å². The number of amides is 3. The minimum absolute atomic E-state index is 0.318. The number of para-hydroxylation sites is 1. The Morgan fingerprint density at radius 3 is 2.32 bits per heavy atom. The Balaban J connectivity index is 1.54. The van der Waals surface area contributed by atoms with Crippen LogP contribution in [0.1, 0.15) is 33.2 Å². The summed E-state index contributed by atoms with van der Waals surface area (Å²) in [4.78, 5) is 42.9. The SMILES string of the molecule is CC(C(=O)Nc1ccccc1Cn1cncn1)N1C(=O)c2ccccc2C1=O. The van der Waals surface area contributed by atoms with E-state index < -0.39 is 23.8 Å². The van der Waals surface area contributed by atoms with Gasteiger partial charge in [-0.15, -0.1) is 0 Å². The number of hydrogen-bond acceptors (Lipinski definition) is 5. The zero-order valence-corrected chi connectivity index (χ0v) is 15.1. The van der Waals surface area contributed by atoms with Crippen LogP contribution >= 0.6 is 0 Å². The van der Waals surface area contributed by atoms with Crippen LogP contribution in [-0.2, 0) is 11.3 Å². The van der Waals surface area contributed by atoms with Crippen molar-refractivity contribution in [3.8, 4) is 0 Å². The first kappa shape index (κ1) is 17.6. The van der Waals surface area contributed by atoms with Gasteiger partial charge in [0.25, 0.3) is 11.8 Å². The van der Waals surface area contributed by atoms with E-state index in [0.29, 0.717) is 23.4 Å². The minimum atomic E-state index is -0.952. The molecule has 0 saturated heterocycles. The zero-order chi connectivity index (χ0) is 19.7. The number of hydrogen-bond donors (Lipinski definition) is 1. The van der Waals surface area contributed by atoms with E-state index in [1.54, 1.807) is 47.4 Å². The number of aromatic nitrogens is 3. The van der Waals surface area contributed by atoms with Crippen LogP contribution in [0, 0.1) is 0 Å². The number of carbonyl (C=O) groups is 3. The van der Waals surface area contributed by atoms with Gasteiger partial charge in [-0.05, 0) is 30.7 Å². The molecule has 0 spiro atoms. The molecule has 4 rings (SSSR count). The van der Waals surface area contributed by atoms with Gasteiger partial charge in [0.1, 0.15) is 18.7 Å². The number of carbonyl (C=O) groups excluding carboxylic acids is 3. The second-order valence-corrected chi connectivity index (χ2v) is 6.44. The average Bonchev–Trinajstić information content (AvgIpc) is 3.30. The summed E-state index contributed by atoms with van der Waals surface area (Å²) in [6.45, 7) is 1.97. The van der Waals surface area contributed by atoms with Gasteiger partial charge in [0.05, 0.1) is 17.7 Å². The van der Waals surface area contributed by atoms with E-state index in [4.69, 9.17) is 0 Å². The summed E-state index contributed by atoms with van der Waals surface area (Å²) in [5.74, 6) is -1.36. The molecule has 140 valence electrons. The molecule has 0 radical (unpaired) electrons. The topological polar surface area (TPSA) is 97.2 Å². The number of benzene rings is 2. The highest BCUT2D eigenvalue weighted by Crippen LogP contribution is 2.25. The van der Waals surface area contributed by atoms with Crippen molar-refractivity contribution in [2.24, 2.45) is 0 Å². The Morgan fingerprint density at radius 1 is 1.04 bits per heavy atom. The van der Waals surface area contributed by atoms with Crippen LogP contribution in [0.25, 0.3) is 0 Å². The molecule has 1 aromatic heterocycles. The smallest absolute Gasteiger partial charge is 0.262 e. The molecule has 3 amide bonds. The van der Waals surface area contributed by atoms with E-state index >= 15 is 0 Å². The summed E-state index contributed by atoms with van der Waals surface area (Å²) in [5, 5.41) is 6.89. The van der Waals surface area contributed by atoms with Crippen LogP contribution in [0.15, 0.2) is 61.2 Å². The molecule has 0 bridgehead atoms. The van der Waals surface area contributed by atoms with Crippen LogP contribution in [0.5, 0.6) is 0 Å². The van der Waals surface area contributed by atoms with Crippen molar-refractivity contribution in [3.05, 3.63) is 77.9 Å². The lowest BCUT2D eigenvalue weighted by Crippen LogP contribution is -2.45. The highest BCUT2D eigenvalue weighted by atomic mass is 16.2. The lowest BCUT2D eigenvalue weighted by Gasteiger charge is -2.22. The fourth-order valence-corrected chi connectivity index (χ4v) is 3.18. The van der Waals surface area contributed by atoms with E-state index in [1.165, 1.54) is 13.3 Å².